The molecule has 0 spiro atoms. The fraction of sp³-hybridized carbons (Fsp3) is 0.500. The molecule has 9 heteroatoms. The monoisotopic (exact) mass is 262 g/mol. The summed E-state index contributed by atoms with van der Waals surface area (Å²) < 4.78 is 29.9. The van der Waals surface area contributed by atoms with Gasteiger partial charge in [-0.15, -0.1) is 0 Å². The number of aromatic amines is 1. The number of nitrogens with two attached hydrogens (primary N) is 1. The number of hydrogen-bond donors (Lipinski definition) is 3. The molecule has 4 N–H and O–H groups in total. The highest BCUT2D eigenvalue weighted by atomic mass is 32.2. The first-order valence-electron chi connectivity index (χ1n) is 4.72. The molecule has 0 saturated heterocycles. The lowest BCUT2D eigenvalue weighted by molar-refractivity contribution is -0.139. The van der Waals surface area contributed by atoms with E-state index in [1.165, 1.54) is 13.1 Å². The predicted molar refractivity (Wildman–Crippen MR) is 60.2 cm³/mol. The number of aromatic nitrogens is 2. The summed E-state index contributed by atoms with van der Waals surface area (Å²) in [7, 11) is -2.66. The molecule has 0 saturated carbocycles. The second kappa shape index (κ2) is 5.15. The van der Waals surface area contributed by atoms with Crippen LogP contribution in [-0.2, 0) is 26.1 Å². The molecule has 96 valence electrons. The third kappa shape index (κ3) is 3.17. The Morgan fingerprint density at radius 1 is 1.71 bits per heavy atom. The lowest BCUT2D eigenvalue weighted by Gasteiger charge is -2.11. The van der Waals surface area contributed by atoms with Gasteiger partial charge in [0.1, 0.15) is 5.82 Å². The number of hydrogen-bond acceptors (Lipinski definition) is 6. The highest BCUT2D eigenvalue weighted by Gasteiger charge is 2.28. The van der Waals surface area contributed by atoms with Crippen LogP contribution in [0.1, 0.15) is 12.5 Å². The number of carbonyl (C=O) groups is 1. The van der Waals surface area contributed by atoms with Crippen molar-refractivity contribution in [1.29, 1.82) is 0 Å². The van der Waals surface area contributed by atoms with E-state index in [1.54, 1.807) is 0 Å². The minimum absolute atomic E-state index is 0.0357. The van der Waals surface area contributed by atoms with E-state index >= 15 is 0 Å². The van der Waals surface area contributed by atoms with E-state index < -0.39 is 21.2 Å². The maximum atomic E-state index is 11.7. The van der Waals surface area contributed by atoms with E-state index in [0.29, 0.717) is 5.56 Å². The van der Waals surface area contributed by atoms with Crippen LogP contribution < -0.4 is 10.5 Å². The number of carbonyl (C=O) groups excluding carboxylic acids is 1. The third-order valence-electron chi connectivity index (χ3n) is 2.21. The van der Waals surface area contributed by atoms with Crippen LogP contribution in [0.15, 0.2) is 6.20 Å². The zero-order valence-corrected chi connectivity index (χ0v) is 10.2. The molecular formula is C8H14N4O4S. The number of nitrogen functional groups attached to an aromatic ring is 1. The first-order valence-corrected chi connectivity index (χ1v) is 6.27. The number of esters is 1. The first-order chi connectivity index (χ1) is 7.88. The lowest BCUT2D eigenvalue weighted by Crippen LogP contribution is -2.37. The van der Waals surface area contributed by atoms with Gasteiger partial charge in [-0.3, -0.25) is 9.89 Å². The number of methoxy groups -OCH3 is 1. The maximum Gasteiger partial charge on any atom is 0.325 e. The van der Waals surface area contributed by atoms with Crippen LogP contribution in [-0.4, -0.2) is 36.9 Å². The van der Waals surface area contributed by atoms with Crippen LogP contribution in [0.4, 0.5) is 5.82 Å². The molecule has 1 unspecified atom stereocenters. The van der Waals surface area contributed by atoms with Crippen molar-refractivity contribution in [2.45, 2.75) is 18.7 Å². The molecule has 1 rings (SSSR count). The predicted octanol–water partition coefficient (Wildman–Crippen LogP) is -1.03. The Morgan fingerprint density at radius 3 is 2.82 bits per heavy atom. The average molecular weight is 262 g/mol. The van der Waals surface area contributed by atoms with Gasteiger partial charge in [0.25, 0.3) is 0 Å². The second-order valence-corrected chi connectivity index (χ2v) is 5.43. The number of nitrogens with zero attached hydrogens (tertiary/aromatic N) is 1. The number of H-pyrrole nitrogens is 1. The van der Waals surface area contributed by atoms with Crippen molar-refractivity contribution in [2.24, 2.45) is 0 Å². The van der Waals surface area contributed by atoms with Gasteiger partial charge in [0, 0.05) is 12.1 Å². The van der Waals surface area contributed by atoms with E-state index in [2.05, 4.69) is 19.7 Å². The van der Waals surface area contributed by atoms with Gasteiger partial charge >= 0.3 is 5.97 Å². The Balaban J connectivity index is 2.68. The Hall–Kier alpha value is -1.61. The van der Waals surface area contributed by atoms with Crippen molar-refractivity contribution < 1.29 is 17.9 Å². The van der Waals surface area contributed by atoms with E-state index in [1.807, 2.05) is 0 Å². The van der Waals surface area contributed by atoms with Crippen molar-refractivity contribution >= 4 is 21.8 Å². The number of nitrogens with one attached hydrogen (secondary N) is 2. The van der Waals surface area contributed by atoms with Crippen LogP contribution in [0.3, 0.4) is 0 Å². The minimum Gasteiger partial charge on any atom is -0.468 e. The molecule has 0 aromatic carbocycles. The molecular weight excluding hydrogens is 248 g/mol. The summed E-state index contributed by atoms with van der Waals surface area (Å²) in [5, 5.41) is 4.83. The Labute approximate surface area is 98.6 Å². The van der Waals surface area contributed by atoms with Gasteiger partial charge in [-0.2, -0.15) is 5.10 Å². The van der Waals surface area contributed by atoms with E-state index in [-0.39, 0.29) is 12.4 Å². The zero-order valence-electron chi connectivity index (χ0n) is 9.43. The summed E-state index contributed by atoms with van der Waals surface area (Å²) in [6, 6.07) is 0. The van der Waals surface area contributed by atoms with E-state index in [0.717, 1.165) is 7.11 Å². The van der Waals surface area contributed by atoms with Gasteiger partial charge in [-0.1, -0.05) is 0 Å². The van der Waals surface area contributed by atoms with Crippen LogP contribution >= 0.6 is 0 Å². The Bertz CT molecular complexity index is 495. The minimum atomic E-state index is -3.79. The summed E-state index contributed by atoms with van der Waals surface area (Å²) in [6.07, 6.45) is 1.40. The molecule has 0 fully saturated rings. The SMILES string of the molecule is COC(=O)C(C)S(=O)(=O)NCc1cn[nH]c1N. The number of anilines is 1. The summed E-state index contributed by atoms with van der Waals surface area (Å²) >= 11 is 0. The molecule has 8 nitrogen and oxygen atoms in total. The molecule has 1 atom stereocenters. The van der Waals surface area contributed by atoms with Crippen LogP contribution in [0.25, 0.3) is 0 Å². The highest BCUT2D eigenvalue weighted by Crippen LogP contribution is 2.07. The van der Waals surface area contributed by atoms with E-state index in [9.17, 15) is 13.2 Å². The summed E-state index contributed by atoms with van der Waals surface area (Å²) in [5.41, 5.74) is 5.99. The van der Waals surface area contributed by atoms with Crippen LogP contribution in [0.2, 0.25) is 0 Å². The number of ether oxygens (including phenoxy) is 1. The van der Waals surface area contributed by atoms with Crippen LogP contribution in [0.5, 0.6) is 0 Å². The molecule has 1 aromatic heterocycles. The fourth-order valence-corrected chi connectivity index (χ4v) is 2.01. The van der Waals surface area contributed by atoms with Crippen molar-refractivity contribution in [3.63, 3.8) is 0 Å². The Kier molecular flexibility index (Phi) is 4.07. The van der Waals surface area contributed by atoms with Crippen molar-refractivity contribution in [2.75, 3.05) is 12.8 Å². The molecule has 0 bridgehead atoms. The second-order valence-electron chi connectivity index (χ2n) is 3.34. The van der Waals surface area contributed by atoms with Crippen molar-refractivity contribution in [1.82, 2.24) is 14.9 Å². The van der Waals surface area contributed by atoms with Crippen molar-refractivity contribution in [3.8, 4) is 0 Å². The van der Waals surface area contributed by atoms with Gasteiger partial charge < -0.3 is 10.5 Å². The van der Waals surface area contributed by atoms with Gasteiger partial charge in [-0.25, -0.2) is 13.1 Å². The number of rotatable bonds is 5. The molecule has 1 aromatic rings. The normalized spacial score (nSPS) is 13.3. The van der Waals surface area contributed by atoms with Gasteiger partial charge in [0.05, 0.1) is 13.3 Å². The summed E-state index contributed by atoms with van der Waals surface area (Å²) in [5.74, 6) is -0.545. The van der Waals surface area contributed by atoms with Gasteiger partial charge in [0.15, 0.2) is 5.25 Å². The maximum absolute atomic E-state index is 11.7. The van der Waals surface area contributed by atoms with Crippen molar-refractivity contribution in [3.05, 3.63) is 11.8 Å². The molecule has 0 aliphatic heterocycles. The Morgan fingerprint density at radius 2 is 2.35 bits per heavy atom. The summed E-state index contributed by atoms with van der Waals surface area (Å²) in [4.78, 5) is 11.1. The summed E-state index contributed by atoms with van der Waals surface area (Å²) in [6.45, 7) is 1.21. The largest absolute Gasteiger partial charge is 0.468 e. The molecule has 1 heterocycles. The topological polar surface area (TPSA) is 127 Å². The smallest absolute Gasteiger partial charge is 0.325 e. The van der Waals surface area contributed by atoms with E-state index in [4.69, 9.17) is 5.73 Å². The van der Waals surface area contributed by atoms with Crippen LogP contribution in [0, 0.1) is 0 Å². The number of sulfonamides is 1. The third-order valence-corrected chi connectivity index (χ3v) is 3.88. The fourth-order valence-electron chi connectivity index (χ4n) is 1.06. The van der Waals surface area contributed by atoms with Gasteiger partial charge in [0.2, 0.25) is 10.0 Å². The molecule has 0 amide bonds. The standard InChI is InChI=1S/C8H14N4O4S/c1-5(8(13)16-2)17(14,15)11-4-6-3-10-12-7(6)9/h3,5,11H,4H2,1-2H3,(H3,9,10,12). The van der Waals surface area contributed by atoms with Gasteiger partial charge in [-0.05, 0) is 6.92 Å². The average Bonchev–Trinajstić information content (AvgIpc) is 2.70. The zero-order chi connectivity index (χ0) is 13.1. The molecule has 0 aliphatic rings. The molecule has 0 radical (unpaired) electrons. The highest BCUT2D eigenvalue weighted by molar-refractivity contribution is 7.90. The molecule has 17 heavy (non-hydrogen) atoms. The first kappa shape index (κ1) is 13.5. The lowest BCUT2D eigenvalue weighted by atomic mass is 10.3. The molecule has 0 aliphatic carbocycles. The quantitative estimate of drug-likeness (QED) is 0.582.